The summed E-state index contributed by atoms with van der Waals surface area (Å²) in [4.78, 5) is 25.8. The van der Waals surface area contributed by atoms with Crippen molar-refractivity contribution < 1.29 is 4.79 Å². The average molecular weight is 387 g/mol. The molecule has 1 N–H and O–H groups in total. The number of benzene rings is 1. The molecule has 1 fully saturated rings. The normalized spacial score (nSPS) is 14.6. The largest absolute Gasteiger partial charge is 0.379 e. The predicted octanol–water partition coefficient (Wildman–Crippen LogP) is 3.05. The lowest BCUT2D eigenvalue weighted by molar-refractivity contribution is 0.0623. The molecule has 1 saturated heterocycles. The summed E-state index contributed by atoms with van der Waals surface area (Å²) in [6.45, 7) is 4.72. The highest BCUT2D eigenvalue weighted by atomic mass is 16.2. The molecule has 1 amide bonds. The Kier molecular flexibility index (Phi) is 6.12. The molecular weight excluding hydrogens is 362 g/mol. The van der Waals surface area contributed by atoms with Gasteiger partial charge in [-0.15, -0.1) is 0 Å². The summed E-state index contributed by atoms with van der Waals surface area (Å²) in [5.41, 5.74) is 3.61. The Labute approximate surface area is 171 Å². The summed E-state index contributed by atoms with van der Waals surface area (Å²) in [5, 5.41) is 3.31. The molecule has 1 aliphatic rings. The maximum atomic E-state index is 12.9. The highest BCUT2D eigenvalue weighted by Gasteiger charge is 2.23. The Bertz CT molecular complexity index is 924. The van der Waals surface area contributed by atoms with Gasteiger partial charge in [0.15, 0.2) is 0 Å². The Balaban J connectivity index is 1.31. The quantitative estimate of drug-likeness (QED) is 0.704. The average Bonchev–Trinajstić information content (AvgIpc) is 2.79. The maximum Gasteiger partial charge on any atom is 0.272 e. The molecule has 0 unspecified atom stereocenters. The summed E-state index contributed by atoms with van der Waals surface area (Å²) in [5.74, 6) is -0.00847. The standard InChI is InChI=1S/C23H25N5O/c29-23(28-14-12-27(13-15-28)18-19-6-2-1-3-7-19)22-16-20(9-11-25-22)26-17-21-8-4-5-10-24-21/h1-11,16H,12-15,17-18H2,(H,25,26). The molecule has 1 aromatic carbocycles. The van der Waals surface area contributed by atoms with E-state index in [1.54, 1.807) is 12.4 Å². The molecule has 0 atom stereocenters. The zero-order valence-electron chi connectivity index (χ0n) is 16.4. The van der Waals surface area contributed by atoms with Crippen molar-refractivity contribution in [3.8, 4) is 0 Å². The van der Waals surface area contributed by atoms with Crippen LogP contribution in [0.5, 0.6) is 0 Å². The van der Waals surface area contributed by atoms with Crippen molar-refractivity contribution in [1.82, 2.24) is 19.8 Å². The second-order valence-electron chi connectivity index (χ2n) is 7.16. The van der Waals surface area contributed by atoms with E-state index >= 15 is 0 Å². The predicted molar refractivity (Wildman–Crippen MR) is 113 cm³/mol. The van der Waals surface area contributed by atoms with E-state index in [1.165, 1.54) is 5.56 Å². The molecule has 6 nitrogen and oxygen atoms in total. The van der Waals surface area contributed by atoms with Gasteiger partial charge in [0.05, 0.1) is 12.2 Å². The monoisotopic (exact) mass is 387 g/mol. The number of hydrogen-bond acceptors (Lipinski definition) is 5. The fraction of sp³-hybridized carbons (Fsp3) is 0.261. The van der Waals surface area contributed by atoms with Crippen LogP contribution >= 0.6 is 0 Å². The molecule has 3 aromatic rings. The van der Waals surface area contributed by atoms with Crippen LogP contribution in [0.3, 0.4) is 0 Å². The van der Waals surface area contributed by atoms with Gasteiger partial charge in [-0.3, -0.25) is 19.7 Å². The fourth-order valence-electron chi connectivity index (χ4n) is 3.47. The molecule has 0 bridgehead atoms. The molecule has 4 rings (SSSR count). The molecule has 3 heterocycles. The van der Waals surface area contributed by atoms with Gasteiger partial charge in [-0.05, 0) is 29.8 Å². The van der Waals surface area contributed by atoms with E-state index < -0.39 is 0 Å². The van der Waals surface area contributed by atoms with Gasteiger partial charge >= 0.3 is 0 Å². The van der Waals surface area contributed by atoms with Crippen LogP contribution in [0.15, 0.2) is 73.1 Å². The van der Waals surface area contributed by atoms with Gasteiger partial charge < -0.3 is 10.2 Å². The third-order valence-corrected chi connectivity index (χ3v) is 5.09. The third-order valence-electron chi connectivity index (χ3n) is 5.09. The number of hydrogen-bond donors (Lipinski definition) is 1. The van der Waals surface area contributed by atoms with E-state index in [-0.39, 0.29) is 5.91 Å². The topological polar surface area (TPSA) is 61.4 Å². The number of carbonyl (C=O) groups excluding carboxylic acids is 1. The first-order valence-electron chi connectivity index (χ1n) is 9.93. The van der Waals surface area contributed by atoms with Gasteiger partial charge in [0.2, 0.25) is 0 Å². The van der Waals surface area contributed by atoms with Crippen LogP contribution < -0.4 is 5.32 Å². The van der Waals surface area contributed by atoms with Crippen molar-refractivity contribution in [2.45, 2.75) is 13.1 Å². The second-order valence-corrected chi connectivity index (χ2v) is 7.16. The lowest BCUT2D eigenvalue weighted by Gasteiger charge is -2.34. The number of rotatable bonds is 6. The maximum absolute atomic E-state index is 12.9. The number of nitrogens with zero attached hydrogens (tertiary/aromatic N) is 4. The third kappa shape index (κ3) is 5.18. The summed E-state index contributed by atoms with van der Waals surface area (Å²) in [6.07, 6.45) is 3.45. The molecular formula is C23H25N5O. The van der Waals surface area contributed by atoms with Gasteiger partial charge in [-0.2, -0.15) is 0 Å². The lowest BCUT2D eigenvalue weighted by atomic mass is 10.2. The van der Waals surface area contributed by atoms with Crippen LogP contribution in [0.25, 0.3) is 0 Å². The zero-order chi connectivity index (χ0) is 19.9. The summed E-state index contributed by atoms with van der Waals surface area (Å²) < 4.78 is 0. The minimum Gasteiger partial charge on any atom is -0.379 e. The van der Waals surface area contributed by atoms with E-state index in [0.717, 1.165) is 44.1 Å². The fourth-order valence-corrected chi connectivity index (χ4v) is 3.47. The van der Waals surface area contributed by atoms with E-state index in [9.17, 15) is 4.79 Å². The van der Waals surface area contributed by atoms with Crippen LogP contribution in [0, 0.1) is 0 Å². The summed E-state index contributed by atoms with van der Waals surface area (Å²) in [7, 11) is 0. The van der Waals surface area contributed by atoms with Crippen LogP contribution in [0.2, 0.25) is 0 Å². The molecule has 0 radical (unpaired) electrons. The number of piperazine rings is 1. The molecule has 0 aliphatic carbocycles. The number of aromatic nitrogens is 2. The lowest BCUT2D eigenvalue weighted by Crippen LogP contribution is -2.48. The van der Waals surface area contributed by atoms with E-state index in [1.807, 2.05) is 41.3 Å². The molecule has 6 heteroatoms. The number of carbonyl (C=O) groups is 1. The van der Waals surface area contributed by atoms with Gasteiger partial charge in [0.25, 0.3) is 5.91 Å². The molecule has 148 valence electrons. The van der Waals surface area contributed by atoms with Gasteiger partial charge in [0.1, 0.15) is 5.69 Å². The Hall–Kier alpha value is -3.25. The van der Waals surface area contributed by atoms with E-state index in [4.69, 9.17) is 0 Å². The van der Waals surface area contributed by atoms with Crippen molar-refractivity contribution in [3.63, 3.8) is 0 Å². The van der Waals surface area contributed by atoms with Crippen molar-refractivity contribution in [2.24, 2.45) is 0 Å². The van der Waals surface area contributed by atoms with E-state index in [0.29, 0.717) is 12.2 Å². The SMILES string of the molecule is O=C(c1cc(NCc2ccccn2)ccn1)N1CCN(Cc2ccccc2)CC1. The minimum absolute atomic E-state index is 0.00847. The first-order valence-corrected chi connectivity index (χ1v) is 9.93. The van der Waals surface area contributed by atoms with Crippen molar-refractivity contribution in [2.75, 3.05) is 31.5 Å². The smallest absolute Gasteiger partial charge is 0.272 e. The van der Waals surface area contributed by atoms with Crippen LogP contribution in [-0.2, 0) is 13.1 Å². The molecule has 0 spiro atoms. The van der Waals surface area contributed by atoms with Crippen molar-refractivity contribution >= 4 is 11.6 Å². The van der Waals surface area contributed by atoms with Crippen LogP contribution in [0.1, 0.15) is 21.7 Å². The highest BCUT2D eigenvalue weighted by molar-refractivity contribution is 5.93. The molecule has 29 heavy (non-hydrogen) atoms. The van der Waals surface area contributed by atoms with Crippen LogP contribution in [-0.4, -0.2) is 51.9 Å². The molecule has 0 saturated carbocycles. The van der Waals surface area contributed by atoms with Crippen molar-refractivity contribution in [3.05, 3.63) is 90.0 Å². The van der Waals surface area contributed by atoms with E-state index in [2.05, 4.69) is 44.5 Å². The number of amides is 1. The van der Waals surface area contributed by atoms with Gasteiger partial charge in [0, 0.05) is 50.8 Å². The zero-order valence-corrected chi connectivity index (χ0v) is 16.4. The van der Waals surface area contributed by atoms with Crippen LogP contribution in [0.4, 0.5) is 5.69 Å². The Morgan fingerprint density at radius 1 is 0.897 bits per heavy atom. The molecule has 2 aromatic heterocycles. The summed E-state index contributed by atoms with van der Waals surface area (Å²) >= 11 is 0. The number of pyridine rings is 2. The Morgan fingerprint density at radius 2 is 1.69 bits per heavy atom. The highest BCUT2D eigenvalue weighted by Crippen LogP contribution is 2.14. The van der Waals surface area contributed by atoms with Gasteiger partial charge in [-0.1, -0.05) is 36.4 Å². The summed E-state index contributed by atoms with van der Waals surface area (Å²) in [6, 6.07) is 20.0. The first-order chi connectivity index (χ1) is 14.3. The minimum atomic E-state index is -0.00847. The number of anilines is 1. The first kappa shape index (κ1) is 19.1. The molecule has 1 aliphatic heterocycles. The second kappa shape index (κ2) is 9.30. The number of nitrogens with one attached hydrogen (secondary N) is 1. The Morgan fingerprint density at radius 3 is 2.45 bits per heavy atom. The van der Waals surface area contributed by atoms with Gasteiger partial charge in [-0.25, -0.2) is 0 Å². The van der Waals surface area contributed by atoms with Crippen molar-refractivity contribution in [1.29, 1.82) is 0 Å².